The standard InChI is InChI=1S/C15H19N3OS2/c1-3-8-16-14-11-6-4-5-7-12(11)19-9-13(14)20-15-17-10(2)18-21-15/h4-7,13-14,16H,3,8-9H2,1-2H3. The SMILES string of the molecule is CCCNC1c2ccccc2OCC1Sc1nc(C)ns1. The van der Waals surface area contributed by atoms with E-state index < -0.39 is 0 Å². The number of benzene rings is 1. The van der Waals surface area contributed by atoms with E-state index in [0.29, 0.717) is 17.9 Å². The van der Waals surface area contributed by atoms with Gasteiger partial charge in [0.1, 0.15) is 18.2 Å². The number of aromatic nitrogens is 2. The molecule has 2 atom stereocenters. The zero-order valence-corrected chi connectivity index (χ0v) is 13.8. The second kappa shape index (κ2) is 6.77. The van der Waals surface area contributed by atoms with Crippen LogP contribution >= 0.6 is 23.3 Å². The summed E-state index contributed by atoms with van der Waals surface area (Å²) in [4.78, 5) is 4.46. The maximum atomic E-state index is 5.92. The van der Waals surface area contributed by atoms with Crippen LogP contribution in [-0.4, -0.2) is 27.8 Å². The Hall–Kier alpha value is -1.11. The van der Waals surface area contributed by atoms with Gasteiger partial charge < -0.3 is 10.1 Å². The lowest BCUT2D eigenvalue weighted by molar-refractivity contribution is 0.260. The molecular formula is C15H19N3OS2. The van der Waals surface area contributed by atoms with Crippen molar-refractivity contribution >= 4 is 23.3 Å². The van der Waals surface area contributed by atoms with Crippen LogP contribution in [0.2, 0.25) is 0 Å². The third-order valence-electron chi connectivity index (χ3n) is 3.40. The summed E-state index contributed by atoms with van der Waals surface area (Å²) in [6, 6.07) is 8.60. The molecule has 3 rings (SSSR count). The third-order valence-corrected chi connectivity index (χ3v) is 5.52. The average molecular weight is 321 g/mol. The normalized spacial score (nSPS) is 20.9. The zero-order chi connectivity index (χ0) is 14.7. The molecule has 21 heavy (non-hydrogen) atoms. The fraction of sp³-hybridized carbons (Fsp3) is 0.467. The molecular weight excluding hydrogens is 302 g/mol. The number of rotatable bonds is 5. The number of para-hydroxylation sites is 1. The number of fused-ring (bicyclic) bond motifs is 1. The highest BCUT2D eigenvalue weighted by Gasteiger charge is 2.31. The van der Waals surface area contributed by atoms with E-state index in [0.717, 1.165) is 28.9 Å². The van der Waals surface area contributed by atoms with Crippen molar-refractivity contribution in [3.05, 3.63) is 35.7 Å². The summed E-state index contributed by atoms with van der Waals surface area (Å²) in [5.74, 6) is 1.84. The van der Waals surface area contributed by atoms with Crippen LogP contribution in [0.25, 0.3) is 0 Å². The molecule has 112 valence electrons. The van der Waals surface area contributed by atoms with Gasteiger partial charge >= 0.3 is 0 Å². The fourth-order valence-electron chi connectivity index (χ4n) is 2.44. The highest BCUT2D eigenvalue weighted by atomic mass is 32.2. The highest BCUT2D eigenvalue weighted by molar-refractivity contribution is 8.01. The van der Waals surface area contributed by atoms with Gasteiger partial charge in [0.25, 0.3) is 0 Å². The van der Waals surface area contributed by atoms with Gasteiger partial charge in [-0.1, -0.05) is 36.9 Å². The van der Waals surface area contributed by atoms with Crippen molar-refractivity contribution in [3.8, 4) is 5.75 Å². The van der Waals surface area contributed by atoms with Crippen LogP contribution in [-0.2, 0) is 0 Å². The van der Waals surface area contributed by atoms with Gasteiger partial charge in [0.15, 0.2) is 4.34 Å². The third kappa shape index (κ3) is 3.39. The van der Waals surface area contributed by atoms with Gasteiger partial charge in [0.05, 0.1) is 11.3 Å². The molecule has 1 aliphatic heterocycles. The first-order valence-electron chi connectivity index (χ1n) is 7.20. The number of ether oxygens (including phenoxy) is 1. The Morgan fingerprint density at radius 3 is 3.05 bits per heavy atom. The molecule has 2 heterocycles. The lowest BCUT2D eigenvalue weighted by atomic mass is 10.00. The molecule has 1 N–H and O–H groups in total. The van der Waals surface area contributed by atoms with E-state index in [2.05, 4.69) is 33.7 Å². The minimum atomic E-state index is 0.295. The molecule has 1 aromatic carbocycles. The number of thioether (sulfide) groups is 1. The molecule has 6 heteroatoms. The summed E-state index contributed by atoms with van der Waals surface area (Å²) in [6.07, 6.45) is 1.12. The smallest absolute Gasteiger partial charge is 0.170 e. The second-order valence-corrected chi connectivity index (χ2v) is 7.28. The summed E-state index contributed by atoms with van der Waals surface area (Å²) in [7, 11) is 0. The van der Waals surface area contributed by atoms with Crippen LogP contribution < -0.4 is 10.1 Å². The van der Waals surface area contributed by atoms with E-state index in [1.54, 1.807) is 11.8 Å². The Kier molecular flexibility index (Phi) is 4.77. The number of hydrogen-bond donors (Lipinski definition) is 1. The molecule has 1 aliphatic rings. The van der Waals surface area contributed by atoms with Crippen molar-refractivity contribution in [2.45, 2.75) is 35.9 Å². The van der Waals surface area contributed by atoms with E-state index in [-0.39, 0.29) is 0 Å². The molecule has 0 fully saturated rings. The van der Waals surface area contributed by atoms with Crippen molar-refractivity contribution in [1.29, 1.82) is 0 Å². The van der Waals surface area contributed by atoms with Crippen LogP contribution in [0.3, 0.4) is 0 Å². The minimum Gasteiger partial charge on any atom is -0.492 e. The molecule has 1 aromatic heterocycles. The molecule has 0 aliphatic carbocycles. The molecule has 2 aromatic rings. The maximum absolute atomic E-state index is 5.92. The monoisotopic (exact) mass is 321 g/mol. The first-order chi connectivity index (χ1) is 10.3. The minimum absolute atomic E-state index is 0.295. The summed E-state index contributed by atoms with van der Waals surface area (Å²) in [5, 5.41) is 3.98. The van der Waals surface area contributed by atoms with Crippen molar-refractivity contribution < 1.29 is 4.74 Å². The largest absolute Gasteiger partial charge is 0.492 e. The van der Waals surface area contributed by atoms with Crippen LogP contribution in [0.15, 0.2) is 28.6 Å². The summed E-state index contributed by atoms with van der Waals surface area (Å²) in [6.45, 7) is 5.82. The van der Waals surface area contributed by atoms with Gasteiger partial charge in [0.2, 0.25) is 0 Å². The fourth-order valence-corrected chi connectivity index (χ4v) is 4.47. The molecule has 0 saturated carbocycles. The number of nitrogens with zero attached hydrogens (tertiary/aromatic N) is 2. The van der Waals surface area contributed by atoms with E-state index in [1.165, 1.54) is 17.1 Å². The predicted molar refractivity (Wildman–Crippen MR) is 87.3 cm³/mol. The van der Waals surface area contributed by atoms with Gasteiger partial charge in [-0.2, -0.15) is 4.37 Å². The summed E-state index contributed by atoms with van der Waals surface area (Å²) >= 11 is 3.23. The molecule has 2 unspecified atom stereocenters. The molecule has 0 amide bonds. The van der Waals surface area contributed by atoms with Gasteiger partial charge in [-0.3, -0.25) is 0 Å². The highest BCUT2D eigenvalue weighted by Crippen LogP contribution is 2.40. The van der Waals surface area contributed by atoms with Crippen molar-refractivity contribution in [2.75, 3.05) is 13.2 Å². The van der Waals surface area contributed by atoms with E-state index in [9.17, 15) is 0 Å². The zero-order valence-electron chi connectivity index (χ0n) is 12.2. The quantitative estimate of drug-likeness (QED) is 0.914. The summed E-state index contributed by atoms with van der Waals surface area (Å²) < 4.78 is 11.2. The Labute approximate surface area is 133 Å². The first kappa shape index (κ1) is 14.8. The number of nitrogens with one attached hydrogen (secondary N) is 1. The second-order valence-electron chi connectivity index (χ2n) is 5.04. The maximum Gasteiger partial charge on any atom is 0.170 e. The van der Waals surface area contributed by atoms with Crippen molar-refractivity contribution in [1.82, 2.24) is 14.7 Å². The predicted octanol–water partition coefficient (Wildman–Crippen LogP) is 3.44. The van der Waals surface area contributed by atoms with Gasteiger partial charge in [0, 0.05) is 5.56 Å². The van der Waals surface area contributed by atoms with Gasteiger partial charge in [-0.15, -0.1) is 0 Å². The van der Waals surface area contributed by atoms with Crippen molar-refractivity contribution in [3.63, 3.8) is 0 Å². The Morgan fingerprint density at radius 2 is 2.29 bits per heavy atom. The molecule has 0 spiro atoms. The van der Waals surface area contributed by atoms with Crippen LogP contribution in [0, 0.1) is 6.92 Å². The van der Waals surface area contributed by atoms with Gasteiger partial charge in [-0.05, 0) is 37.5 Å². The lowest BCUT2D eigenvalue weighted by Crippen LogP contribution is -2.37. The lowest BCUT2D eigenvalue weighted by Gasteiger charge is -2.33. The molecule has 0 radical (unpaired) electrons. The van der Waals surface area contributed by atoms with Crippen LogP contribution in [0.5, 0.6) is 5.75 Å². The van der Waals surface area contributed by atoms with Crippen LogP contribution in [0.4, 0.5) is 0 Å². The number of hydrogen-bond acceptors (Lipinski definition) is 6. The average Bonchev–Trinajstić information content (AvgIpc) is 2.91. The van der Waals surface area contributed by atoms with Gasteiger partial charge in [-0.25, -0.2) is 4.98 Å². The van der Waals surface area contributed by atoms with E-state index >= 15 is 0 Å². The Bertz CT molecular complexity index is 602. The summed E-state index contributed by atoms with van der Waals surface area (Å²) in [5.41, 5.74) is 1.25. The first-order valence-corrected chi connectivity index (χ1v) is 8.85. The van der Waals surface area contributed by atoms with E-state index in [4.69, 9.17) is 4.74 Å². The Balaban J connectivity index is 1.82. The molecule has 0 saturated heterocycles. The Morgan fingerprint density at radius 1 is 1.43 bits per heavy atom. The van der Waals surface area contributed by atoms with E-state index in [1.807, 2.05) is 19.1 Å². The number of aryl methyl sites for hydroxylation is 1. The van der Waals surface area contributed by atoms with Crippen molar-refractivity contribution in [2.24, 2.45) is 0 Å². The van der Waals surface area contributed by atoms with Crippen LogP contribution in [0.1, 0.15) is 30.8 Å². The topological polar surface area (TPSA) is 47.0 Å². The molecule has 0 bridgehead atoms. The molecule has 4 nitrogen and oxygen atoms in total.